The summed E-state index contributed by atoms with van der Waals surface area (Å²) in [5.74, 6) is 0.718. The van der Waals surface area contributed by atoms with Gasteiger partial charge in [0.05, 0.1) is 0 Å². The lowest BCUT2D eigenvalue weighted by atomic mass is 10.2. The number of halogens is 1. The van der Waals surface area contributed by atoms with Crippen molar-refractivity contribution in [1.82, 2.24) is 5.32 Å². The first kappa shape index (κ1) is 10.9. The molecule has 0 aliphatic rings. The first-order chi connectivity index (χ1) is 6.67. The Hall–Kier alpha value is -1.22. The van der Waals surface area contributed by atoms with Crippen LogP contribution in [0.5, 0.6) is 0 Å². The van der Waals surface area contributed by atoms with Crippen LogP contribution in [0.15, 0.2) is 23.2 Å². The molecule has 4 heteroatoms. The highest BCUT2D eigenvalue weighted by atomic mass is 35.5. The lowest BCUT2D eigenvalue weighted by molar-refractivity contribution is 1.14. The molecule has 0 unspecified atom stereocenters. The van der Waals surface area contributed by atoms with Crippen LogP contribution in [0, 0.1) is 6.92 Å². The van der Waals surface area contributed by atoms with Crippen LogP contribution >= 0.6 is 11.6 Å². The fourth-order valence-electron chi connectivity index (χ4n) is 1.09. The standard InChI is InChI=1S/C10H14ClN3/c1-7-4-5-8(11)6-9(7)14-10(12-2)13-3/h4-6H,1-3H3,(H2,12,13,14). The largest absolute Gasteiger partial charge is 0.359 e. The van der Waals surface area contributed by atoms with Crippen molar-refractivity contribution in [2.75, 3.05) is 19.4 Å². The molecule has 0 aliphatic heterocycles. The number of nitrogens with one attached hydrogen (secondary N) is 2. The van der Waals surface area contributed by atoms with Gasteiger partial charge in [-0.25, -0.2) is 0 Å². The van der Waals surface area contributed by atoms with E-state index in [4.69, 9.17) is 11.6 Å². The number of hydrogen-bond donors (Lipinski definition) is 2. The van der Waals surface area contributed by atoms with Crippen molar-refractivity contribution in [1.29, 1.82) is 0 Å². The van der Waals surface area contributed by atoms with Gasteiger partial charge in [-0.3, -0.25) is 4.99 Å². The molecular weight excluding hydrogens is 198 g/mol. The summed E-state index contributed by atoms with van der Waals surface area (Å²) in [4.78, 5) is 4.02. The van der Waals surface area contributed by atoms with Gasteiger partial charge in [0.15, 0.2) is 5.96 Å². The third kappa shape index (κ3) is 2.64. The molecule has 2 N–H and O–H groups in total. The minimum atomic E-state index is 0.713. The van der Waals surface area contributed by atoms with E-state index < -0.39 is 0 Å². The Labute approximate surface area is 89.2 Å². The third-order valence-electron chi connectivity index (χ3n) is 1.91. The van der Waals surface area contributed by atoms with Gasteiger partial charge in [0.2, 0.25) is 0 Å². The van der Waals surface area contributed by atoms with Gasteiger partial charge in [-0.1, -0.05) is 17.7 Å². The predicted octanol–water partition coefficient (Wildman–Crippen LogP) is 2.27. The topological polar surface area (TPSA) is 36.4 Å². The van der Waals surface area contributed by atoms with Crippen LogP contribution in [-0.2, 0) is 0 Å². The van der Waals surface area contributed by atoms with Crippen LogP contribution in [-0.4, -0.2) is 20.1 Å². The maximum Gasteiger partial charge on any atom is 0.195 e. The molecule has 0 radical (unpaired) electrons. The monoisotopic (exact) mass is 211 g/mol. The highest BCUT2D eigenvalue weighted by Gasteiger charge is 2.00. The molecule has 0 saturated carbocycles. The number of hydrogen-bond acceptors (Lipinski definition) is 1. The van der Waals surface area contributed by atoms with Gasteiger partial charge >= 0.3 is 0 Å². The number of rotatable bonds is 1. The molecule has 0 aliphatic carbocycles. The van der Waals surface area contributed by atoms with Gasteiger partial charge < -0.3 is 10.6 Å². The molecule has 3 nitrogen and oxygen atoms in total. The van der Waals surface area contributed by atoms with E-state index in [1.807, 2.05) is 32.2 Å². The van der Waals surface area contributed by atoms with Crippen LogP contribution in [0.4, 0.5) is 5.69 Å². The lowest BCUT2D eigenvalue weighted by Gasteiger charge is -2.11. The highest BCUT2D eigenvalue weighted by Crippen LogP contribution is 2.19. The zero-order valence-corrected chi connectivity index (χ0v) is 9.31. The Morgan fingerprint density at radius 2 is 2.14 bits per heavy atom. The fraction of sp³-hybridized carbons (Fsp3) is 0.300. The average Bonchev–Trinajstić information content (AvgIpc) is 2.19. The molecule has 0 amide bonds. The molecule has 1 aromatic rings. The smallest absolute Gasteiger partial charge is 0.195 e. The van der Waals surface area contributed by atoms with Gasteiger partial charge in [0.25, 0.3) is 0 Å². The van der Waals surface area contributed by atoms with Gasteiger partial charge in [-0.2, -0.15) is 0 Å². The second kappa shape index (κ2) is 4.86. The number of anilines is 1. The normalized spacial score (nSPS) is 11.3. The summed E-state index contributed by atoms with van der Waals surface area (Å²) in [7, 11) is 3.54. The predicted molar refractivity (Wildman–Crippen MR) is 62.2 cm³/mol. The molecule has 1 aromatic carbocycles. The van der Waals surface area contributed by atoms with E-state index in [2.05, 4.69) is 15.6 Å². The molecule has 0 aromatic heterocycles. The van der Waals surface area contributed by atoms with Crippen molar-refractivity contribution in [3.63, 3.8) is 0 Å². The van der Waals surface area contributed by atoms with Crippen molar-refractivity contribution in [2.45, 2.75) is 6.92 Å². The maximum absolute atomic E-state index is 5.89. The molecular formula is C10H14ClN3. The van der Waals surface area contributed by atoms with Gasteiger partial charge in [0, 0.05) is 24.8 Å². The zero-order valence-electron chi connectivity index (χ0n) is 8.56. The van der Waals surface area contributed by atoms with E-state index in [9.17, 15) is 0 Å². The summed E-state index contributed by atoms with van der Waals surface area (Å²) in [6, 6.07) is 5.71. The van der Waals surface area contributed by atoms with Crippen LogP contribution in [0.2, 0.25) is 5.02 Å². The lowest BCUT2D eigenvalue weighted by Crippen LogP contribution is -2.27. The summed E-state index contributed by atoms with van der Waals surface area (Å²) in [5.41, 5.74) is 2.10. The summed E-state index contributed by atoms with van der Waals surface area (Å²) in [6.45, 7) is 2.02. The minimum absolute atomic E-state index is 0.713. The molecule has 1 rings (SSSR count). The number of nitrogens with zero attached hydrogens (tertiary/aromatic N) is 1. The second-order valence-electron chi connectivity index (χ2n) is 2.91. The van der Waals surface area contributed by atoms with E-state index in [0.29, 0.717) is 5.02 Å². The minimum Gasteiger partial charge on any atom is -0.359 e. The van der Waals surface area contributed by atoms with E-state index in [1.165, 1.54) is 0 Å². The summed E-state index contributed by atoms with van der Waals surface area (Å²) in [5, 5.41) is 6.80. The second-order valence-corrected chi connectivity index (χ2v) is 3.34. The third-order valence-corrected chi connectivity index (χ3v) is 2.15. The molecule has 0 fully saturated rings. The average molecular weight is 212 g/mol. The molecule has 0 bridgehead atoms. The summed E-state index contributed by atoms with van der Waals surface area (Å²) >= 11 is 5.89. The highest BCUT2D eigenvalue weighted by molar-refractivity contribution is 6.31. The molecule has 0 saturated heterocycles. The van der Waals surface area contributed by atoms with Crippen molar-refractivity contribution in [3.05, 3.63) is 28.8 Å². The van der Waals surface area contributed by atoms with Gasteiger partial charge in [-0.05, 0) is 24.6 Å². The number of guanidine groups is 1. The first-order valence-electron chi connectivity index (χ1n) is 4.35. The maximum atomic E-state index is 5.89. The Balaban J connectivity index is 2.90. The Kier molecular flexibility index (Phi) is 3.77. The fourth-order valence-corrected chi connectivity index (χ4v) is 1.26. The summed E-state index contributed by atoms with van der Waals surface area (Å²) < 4.78 is 0. The van der Waals surface area contributed by atoms with Gasteiger partial charge in [0.1, 0.15) is 0 Å². The SMILES string of the molecule is CN=C(NC)Nc1cc(Cl)ccc1C. The first-order valence-corrected chi connectivity index (χ1v) is 4.73. The van der Waals surface area contributed by atoms with Crippen molar-refractivity contribution in [2.24, 2.45) is 4.99 Å². The molecule has 14 heavy (non-hydrogen) atoms. The van der Waals surface area contributed by atoms with Crippen molar-refractivity contribution in [3.8, 4) is 0 Å². The van der Waals surface area contributed by atoms with Crippen molar-refractivity contribution >= 4 is 23.2 Å². The Morgan fingerprint density at radius 1 is 1.43 bits per heavy atom. The van der Waals surface area contributed by atoms with Gasteiger partial charge in [-0.15, -0.1) is 0 Å². The zero-order chi connectivity index (χ0) is 10.6. The van der Waals surface area contributed by atoms with Crippen molar-refractivity contribution < 1.29 is 0 Å². The van der Waals surface area contributed by atoms with Crippen LogP contribution < -0.4 is 10.6 Å². The van der Waals surface area contributed by atoms with E-state index >= 15 is 0 Å². The Morgan fingerprint density at radius 3 is 2.71 bits per heavy atom. The van der Waals surface area contributed by atoms with Crippen LogP contribution in [0.3, 0.4) is 0 Å². The number of benzene rings is 1. The quantitative estimate of drug-likeness (QED) is 0.552. The molecule has 0 heterocycles. The number of aryl methyl sites for hydroxylation is 1. The summed E-state index contributed by atoms with van der Waals surface area (Å²) in [6.07, 6.45) is 0. The molecule has 0 atom stereocenters. The van der Waals surface area contributed by atoms with Crippen LogP contribution in [0.1, 0.15) is 5.56 Å². The van der Waals surface area contributed by atoms with E-state index in [1.54, 1.807) is 7.05 Å². The van der Waals surface area contributed by atoms with E-state index in [-0.39, 0.29) is 0 Å². The number of aliphatic imine (C=N–C) groups is 1. The van der Waals surface area contributed by atoms with E-state index in [0.717, 1.165) is 17.2 Å². The Bertz CT molecular complexity index is 347. The molecule has 0 spiro atoms. The van der Waals surface area contributed by atoms with Crippen LogP contribution in [0.25, 0.3) is 0 Å². The molecule has 76 valence electrons.